The van der Waals surface area contributed by atoms with Gasteiger partial charge in [-0.15, -0.1) is 0 Å². The normalized spacial score (nSPS) is 22.1. The van der Waals surface area contributed by atoms with Gasteiger partial charge in [0, 0.05) is 32.7 Å². The van der Waals surface area contributed by atoms with Gasteiger partial charge in [0.2, 0.25) is 5.91 Å². The van der Waals surface area contributed by atoms with Gasteiger partial charge >= 0.3 is 0 Å². The maximum absolute atomic E-state index is 11.5. The molecule has 2 atom stereocenters. The Hall–Kier alpha value is -0.690. The molecule has 1 rings (SSSR count). The SMILES string of the molecule is COCC(O)CCNC(=O)CC1COCCN1. The van der Waals surface area contributed by atoms with Crippen LogP contribution in [0.2, 0.25) is 0 Å². The minimum atomic E-state index is -0.517. The van der Waals surface area contributed by atoms with E-state index in [1.807, 2.05) is 0 Å². The molecular formula is C11H22N2O4. The Balaban J connectivity index is 2.04. The highest BCUT2D eigenvalue weighted by Gasteiger charge is 2.16. The van der Waals surface area contributed by atoms with Crippen molar-refractivity contribution >= 4 is 5.91 Å². The zero-order chi connectivity index (χ0) is 12.5. The highest BCUT2D eigenvalue weighted by Crippen LogP contribution is 1.98. The molecule has 0 aliphatic carbocycles. The molecule has 0 aromatic rings. The second kappa shape index (κ2) is 8.41. The Morgan fingerprint density at radius 2 is 2.53 bits per heavy atom. The zero-order valence-electron chi connectivity index (χ0n) is 10.3. The molecule has 1 aliphatic heterocycles. The van der Waals surface area contributed by atoms with Gasteiger partial charge in [-0.25, -0.2) is 0 Å². The lowest BCUT2D eigenvalue weighted by Gasteiger charge is -2.23. The van der Waals surface area contributed by atoms with Crippen LogP contribution in [0.4, 0.5) is 0 Å². The summed E-state index contributed by atoms with van der Waals surface area (Å²) in [5, 5.41) is 15.4. The van der Waals surface area contributed by atoms with E-state index in [-0.39, 0.29) is 11.9 Å². The van der Waals surface area contributed by atoms with E-state index in [1.54, 1.807) is 0 Å². The summed E-state index contributed by atoms with van der Waals surface area (Å²) in [5.74, 6) is -0.0161. The van der Waals surface area contributed by atoms with E-state index in [2.05, 4.69) is 10.6 Å². The van der Waals surface area contributed by atoms with E-state index in [9.17, 15) is 9.90 Å². The van der Waals surface area contributed by atoms with Gasteiger partial charge in [-0.2, -0.15) is 0 Å². The molecule has 1 saturated heterocycles. The smallest absolute Gasteiger partial charge is 0.221 e. The number of hydrogen-bond acceptors (Lipinski definition) is 5. The fraction of sp³-hybridized carbons (Fsp3) is 0.909. The summed E-state index contributed by atoms with van der Waals surface area (Å²) < 4.78 is 10.1. The number of hydrogen-bond donors (Lipinski definition) is 3. The van der Waals surface area contributed by atoms with Crippen molar-refractivity contribution in [3.8, 4) is 0 Å². The van der Waals surface area contributed by atoms with E-state index in [4.69, 9.17) is 9.47 Å². The summed E-state index contributed by atoms with van der Waals surface area (Å²) in [7, 11) is 1.54. The van der Waals surface area contributed by atoms with Gasteiger partial charge in [0.25, 0.3) is 0 Å². The van der Waals surface area contributed by atoms with Crippen molar-refractivity contribution in [2.75, 3.05) is 40.0 Å². The average molecular weight is 246 g/mol. The molecule has 1 aliphatic rings. The van der Waals surface area contributed by atoms with E-state index >= 15 is 0 Å². The fourth-order valence-corrected chi connectivity index (χ4v) is 1.70. The molecule has 2 unspecified atom stereocenters. The lowest BCUT2D eigenvalue weighted by Crippen LogP contribution is -2.44. The van der Waals surface area contributed by atoms with Crippen molar-refractivity contribution in [1.29, 1.82) is 0 Å². The molecule has 17 heavy (non-hydrogen) atoms. The molecule has 0 spiro atoms. The van der Waals surface area contributed by atoms with Gasteiger partial charge in [-0.05, 0) is 6.42 Å². The molecule has 0 radical (unpaired) electrons. The van der Waals surface area contributed by atoms with E-state index in [1.165, 1.54) is 7.11 Å². The van der Waals surface area contributed by atoms with Gasteiger partial charge in [0.15, 0.2) is 0 Å². The van der Waals surface area contributed by atoms with Crippen LogP contribution >= 0.6 is 0 Å². The standard InChI is InChI=1S/C11H22N2O4/c1-16-8-10(14)2-3-13-11(15)6-9-7-17-5-4-12-9/h9-10,12,14H,2-8H2,1H3,(H,13,15). The Morgan fingerprint density at radius 3 is 3.18 bits per heavy atom. The number of amides is 1. The van der Waals surface area contributed by atoms with Crippen LogP contribution < -0.4 is 10.6 Å². The summed E-state index contributed by atoms with van der Waals surface area (Å²) in [6.45, 7) is 2.86. The van der Waals surface area contributed by atoms with Gasteiger partial charge in [0.1, 0.15) is 0 Å². The molecule has 100 valence electrons. The molecule has 1 heterocycles. The fourth-order valence-electron chi connectivity index (χ4n) is 1.70. The molecule has 0 saturated carbocycles. The number of aliphatic hydroxyl groups excluding tert-OH is 1. The van der Waals surface area contributed by atoms with Crippen molar-refractivity contribution in [1.82, 2.24) is 10.6 Å². The molecule has 1 amide bonds. The van der Waals surface area contributed by atoms with E-state index < -0.39 is 6.10 Å². The first-order valence-corrected chi connectivity index (χ1v) is 5.97. The molecule has 1 fully saturated rings. The van der Waals surface area contributed by atoms with Crippen LogP contribution in [0.25, 0.3) is 0 Å². The predicted octanol–water partition coefficient (Wildman–Crippen LogP) is -1.12. The van der Waals surface area contributed by atoms with Crippen LogP contribution in [0.3, 0.4) is 0 Å². The van der Waals surface area contributed by atoms with Crippen LogP contribution in [0.1, 0.15) is 12.8 Å². The highest BCUT2D eigenvalue weighted by atomic mass is 16.5. The van der Waals surface area contributed by atoms with Gasteiger partial charge in [-0.3, -0.25) is 4.79 Å². The summed E-state index contributed by atoms with van der Waals surface area (Å²) in [5.41, 5.74) is 0. The largest absolute Gasteiger partial charge is 0.391 e. The van der Waals surface area contributed by atoms with Gasteiger partial charge in [-0.1, -0.05) is 0 Å². The number of nitrogens with one attached hydrogen (secondary N) is 2. The van der Waals surface area contributed by atoms with Crippen molar-refractivity contribution in [2.24, 2.45) is 0 Å². The summed E-state index contributed by atoms with van der Waals surface area (Å²) in [6, 6.07) is 0.104. The van der Waals surface area contributed by atoms with Crippen molar-refractivity contribution in [3.63, 3.8) is 0 Å². The number of carbonyl (C=O) groups excluding carboxylic acids is 1. The Kier molecular flexibility index (Phi) is 7.11. The number of aliphatic hydroxyl groups is 1. The Labute approximate surface area is 102 Å². The third-order valence-electron chi connectivity index (χ3n) is 2.59. The lowest BCUT2D eigenvalue weighted by molar-refractivity contribution is -0.122. The molecule has 6 nitrogen and oxygen atoms in total. The monoisotopic (exact) mass is 246 g/mol. The third-order valence-corrected chi connectivity index (χ3v) is 2.59. The number of methoxy groups -OCH3 is 1. The second-order valence-electron chi connectivity index (χ2n) is 4.18. The van der Waals surface area contributed by atoms with Crippen molar-refractivity contribution < 1.29 is 19.4 Å². The number of morpholine rings is 1. The maximum atomic E-state index is 11.5. The number of carbonyl (C=O) groups is 1. The topological polar surface area (TPSA) is 79.8 Å². The zero-order valence-corrected chi connectivity index (χ0v) is 10.3. The summed E-state index contributed by atoms with van der Waals surface area (Å²) >= 11 is 0. The van der Waals surface area contributed by atoms with E-state index in [0.717, 1.165) is 6.54 Å². The minimum absolute atomic E-state index is 0.0161. The van der Waals surface area contributed by atoms with Crippen molar-refractivity contribution in [2.45, 2.75) is 25.0 Å². The van der Waals surface area contributed by atoms with Crippen LogP contribution in [-0.4, -0.2) is 63.2 Å². The van der Waals surface area contributed by atoms with Gasteiger partial charge in [0.05, 0.1) is 25.9 Å². The van der Waals surface area contributed by atoms with Crippen LogP contribution in [0.5, 0.6) is 0 Å². The summed E-state index contributed by atoms with van der Waals surface area (Å²) in [6.07, 6.45) is 0.408. The molecule has 0 bridgehead atoms. The first-order valence-electron chi connectivity index (χ1n) is 5.97. The number of rotatable bonds is 7. The quantitative estimate of drug-likeness (QED) is 0.530. The lowest BCUT2D eigenvalue weighted by atomic mass is 10.2. The molecule has 6 heteroatoms. The first kappa shape index (κ1) is 14.4. The van der Waals surface area contributed by atoms with Crippen molar-refractivity contribution in [3.05, 3.63) is 0 Å². The van der Waals surface area contributed by atoms with Crippen LogP contribution in [0, 0.1) is 0 Å². The third kappa shape index (κ3) is 6.58. The van der Waals surface area contributed by atoms with Gasteiger partial charge < -0.3 is 25.2 Å². The Bertz CT molecular complexity index is 220. The first-order chi connectivity index (χ1) is 8.22. The molecule has 0 aromatic carbocycles. The minimum Gasteiger partial charge on any atom is -0.391 e. The van der Waals surface area contributed by atoms with Crippen LogP contribution in [-0.2, 0) is 14.3 Å². The number of ether oxygens (including phenoxy) is 2. The van der Waals surface area contributed by atoms with Crippen LogP contribution in [0.15, 0.2) is 0 Å². The molecule has 3 N–H and O–H groups in total. The Morgan fingerprint density at radius 1 is 1.71 bits per heavy atom. The summed E-state index contributed by atoms with van der Waals surface area (Å²) in [4.78, 5) is 11.5. The second-order valence-corrected chi connectivity index (χ2v) is 4.18. The van der Waals surface area contributed by atoms with E-state index in [0.29, 0.717) is 39.2 Å². The molecular weight excluding hydrogens is 224 g/mol. The maximum Gasteiger partial charge on any atom is 0.221 e. The highest BCUT2D eigenvalue weighted by molar-refractivity contribution is 5.76. The molecule has 0 aromatic heterocycles. The average Bonchev–Trinajstić information content (AvgIpc) is 2.30. The predicted molar refractivity (Wildman–Crippen MR) is 62.7 cm³/mol.